The van der Waals surface area contributed by atoms with Crippen molar-refractivity contribution in [3.63, 3.8) is 0 Å². The number of esters is 1. The summed E-state index contributed by atoms with van der Waals surface area (Å²) in [4.78, 5) is 12.2. The molecule has 2 fully saturated rings. The molecule has 0 spiro atoms. The van der Waals surface area contributed by atoms with E-state index >= 15 is 0 Å². The summed E-state index contributed by atoms with van der Waals surface area (Å²) in [5.74, 6) is -0.102. The lowest BCUT2D eigenvalue weighted by molar-refractivity contribution is -0.150. The highest BCUT2D eigenvalue weighted by atomic mass is 16.7. The molecule has 3 heteroatoms. The third-order valence-corrected chi connectivity index (χ3v) is 4.31. The normalized spacial score (nSPS) is 35.9. The maximum absolute atomic E-state index is 12.2. The molecule has 3 nitrogen and oxygen atoms in total. The lowest BCUT2D eigenvalue weighted by atomic mass is 9.86. The standard InChI is InChI=1S/C14H24O3/c1-3-5-11-16-12(15)14-10-8-6-7-9-13(14,4-2)17-14/h3-11H2,1-2H3. The smallest absolute Gasteiger partial charge is 0.341 e. The second kappa shape index (κ2) is 4.97. The van der Waals surface area contributed by atoms with E-state index in [4.69, 9.17) is 9.47 Å². The third kappa shape index (κ3) is 2.10. The summed E-state index contributed by atoms with van der Waals surface area (Å²) in [5, 5.41) is 0. The fourth-order valence-corrected chi connectivity index (χ4v) is 3.09. The van der Waals surface area contributed by atoms with Crippen LogP contribution in [-0.4, -0.2) is 23.8 Å². The van der Waals surface area contributed by atoms with E-state index in [2.05, 4.69) is 13.8 Å². The quantitative estimate of drug-likeness (QED) is 0.421. The van der Waals surface area contributed by atoms with E-state index in [0.717, 1.165) is 38.5 Å². The van der Waals surface area contributed by atoms with Crippen LogP contribution in [0.25, 0.3) is 0 Å². The molecule has 1 saturated heterocycles. The number of hydrogen-bond donors (Lipinski definition) is 0. The number of rotatable bonds is 5. The Morgan fingerprint density at radius 3 is 2.71 bits per heavy atom. The van der Waals surface area contributed by atoms with E-state index < -0.39 is 5.60 Å². The van der Waals surface area contributed by atoms with Gasteiger partial charge < -0.3 is 9.47 Å². The van der Waals surface area contributed by atoms with Gasteiger partial charge in [-0.1, -0.05) is 33.1 Å². The van der Waals surface area contributed by atoms with Crippen molar-refractivity contribution in [3.8, 4) is 0 Å². The van der Waals surface area contributed by atoms with E-state index in [9.17, 15) is 4.79 Å². The summed E-state index contributed by atoms with van der Waals surface area (Å²) in [6.07, 6.45) is 8.28. The number of carbonyl (C=O) groups is 1. The molecular formula is C14H24O3. The van der Waals surface area contributed by atoms with Crippen LogP contribution in [-0.2, 0) is 14.3 Å². The van der Waals surface area contributed by atoms with Gasteiger partial charge in [0.05, 0.1) is 6.61 Å². The van der Waals surface area contributed by atoms with Crippen molar-refractivity contribution >= 4 is 5.97 Å². The SMILES string of the molecule is CCCCOC(=O)C12CCCCCC1(CC)O2. The molecule has 1 aliphatic carbocycles. The molecule has 0 amide bonds. The molecule has 1 aliphatic heterocycles. The van der Waals surface area contributed by atoms with Crippen LogP contribution in [0.4, 0.5) is 0 Å². The van der Waals surface area contributed by atoms with Crippen LogP contribution in [0.3, 0.4) is 0 Å². The second-order valence-corrected chi connectivity index (χ2v) is 5.33. The Balaban J connectivity index is 1.99. The molecule has 0 bridgehead atoms. The first-order valence-corrected chi connectivity index (χ1v) is 7.08. The lowest BCUT2D eigenvalue weighted by Crippen LogP contribution is -2.35. The third-order valence-electron chi connectivity index (χ3n) is 4.31. The summed E-state index contributed by atoms with van der Waals surface area (Å²) in [7, 11) is 0. The monoisotopic (exact) mass is 240 g/mol. The van der Waals surface area contributed by atoms with Crippen LogP contribution < -0.4 is 0 Å². The summed E-state index contributed by atoms with van der Waals surface area (Å²) in [5.41, 5.74) is -0.765. The summed E-state index contributed by atoms with van der Waals surface area (Å²) in [6, 6.07) is 0. The van der Waals surface area contributed by atoms with Gasteiger partial charge in [0.15, 0.2) is 5.60 Å². The zero-order valence-electron chi connectivity index (χ0n) is 11.1. The van der Waals surface area contributed by atoms with Crippen molar-refractivity contribution < 1.29 is 14.3 Å². The summed E-state index contributed by atoms with van der Waals surface area (Å²) < 4.78 is 11.3. The van der Waals surface area contributed by atoms with Gasteiger partial charge in [-0.15, -0.1) is 0 Å². The minimum absolute atomic E-state index is 0.102. The van der Waals surface area contributed by atoms with Gasteiger partial charge in [0, 0.05) is 0 Å². The fourth-order valence-electron chi connectivity index (χ4n) is 3.09. The molecule has 0 aromatic rings. The van der Waals surface area contributed by atoms with E-state index in [-0.39, 0.29) is 11.6 Å². The lowest BCUT2D eigenvalue weighted by Gasteiger charge is -2.15. The molecule has 2 aliphatic rings. The predicted octanol–water partition coefficient (Wildman–Crippen LogP) is 3.21. The Morgan fingerprint density at radius 1 is 1.24 bits per heavy atom. The van der Waals surface area contributed by atoms with E-state index in [0.29, 0.717) is 6.61 Å². The van der Waals surface area contributed by atoms with E-state index in [1.54, 1.807) is 0 Å². The van der Waals surface area contributed by atoms with Crippen molar-refractivity contribution in [1.29, 1.82) is 0 Å². The second-order valence-electron chi connectivity index (χ2n) is 5.33. The van der Waals surface area contributed by atoms with Crippen molar-refractivity contribution in [2.24, 2.45) is 0 Å². The first kappa shape index (κ1) is 12.9. The Hall–Kier alpha value is -0.570. The molecule has 0 aromatic heterocycles. The highest BCUT2D eigenvalue weighted by molar-refractivity contribution is 5.85. The van der Waals surface area contributed by atoms with Gasteiger partial charge in [-0.3, -0.25) is 0 Å². The van der Waals surface area contributed by atoms with Crippen LogP contribution in [0.15, 0.2) is 0 Å². The topological polar surface area (TPSA) is 38.8 Å². The van der Waals surface area contributed by atoms with Gasteiger partial charge in [-0.2, -0.15) is 0 Å². The highest BCUT2D eigenvalue weighted by Gasteiger charge is 2.73. The molecule has 0 aromatic carbocycles. The highest BCUT2D eigenvalue weighted by Crippen LogP contribution is 2.58. The number of ether oxygens (including phenoxy) is 2. The van der Waals surface area contributed by atoms with Crippen molar-refractivity contribution in [3.05, 3.63) is 0 Å². The van der Waals surface area contributed by atoms with Gasteiger partial charge >= 0.3 is 5.97 Å². The molecule has 1 heterocycles. The van der Waals surface area contributed by atoms with Crippen LogP contribution in [0.2, 0.25) is 0 Å². The molecule has 17 heavy (non-hydrogen) atoms. The number of hydrogen-bond acceptors (Lipinski definition) is 3. The van der Waals surface area contributed by atoms with E-state index in [1.807, 2.05) is 0 Å². The molecular weight excluding hydrogens is 216 g/mol. The summed E-state index contributed by atoms with van der Waals surface area (Å²) in [6.45, 7) is 4.76. The average Bonchev–Trinajstić information content (AvgIpc) is 2.99. The first-order valence-electron chi connectivity index (χ1n) is 7.08. The number of carbonyl (C=O) groups excluding carboxylic acids is 1. The minimum Gasteiger partial charge on any atom is -0.463 e. The molecule has 2 rings (SSSR count). The molecule has 1 saturated carbocycles. The molecule has 2 unspecified atom stereocenters. The van der Waals surface area contributed by atoms with Crippen LogP contribution in [0.5, 0.6) is 0 Å². The van der Waals surface area contributed by atoms with Gasteiger partial charge in [0.25, 0.3) is 0 Å². The fraction of sp³-hybridized carbons (Fsp3) is 0.929. The molecule has 2 atom stereocenters. The first-order chi connectivity index (χ1) is 8.21. The van der Waals surface area contributed by atoms with Gasteiger partial charge in [0.2, 0.25) is 0 Å². The van der Waals surface area contributed by atoms with Gasteiger partial charge in [-0.25, -0.2) is 4.79 Å². The van der Waals surface area contributed by atoms with E-state index in [1.165, 1.54) is 12.8 Å². The van der Waals surface area contributed by atoms with Crippen molar-refractivity contribution in [1.82, 2.24) is 0 Å². The van der Waals surface area contributed by atoms with Crippen LogP contribution in [0.1, 0.15) is 65.2 Å². The number of fused-ring (bicyclic) bond motifs is 1. The number of epoxide rings is 1. The zero-order chi connectivity index (χ0) is 12.4. The maximum atomic E-state index is 12.2. The van der Waals surface area contributed by atoms with Gasteiger partial charge in [-0.05, 0) is 32.1 Å². The van der Waals surface area contributed by atoms with Crippen LogP contribution >= 0.6 is 0 Å². The van der Waals surface area contributed by atoms with Crippen molar-refractivity contribution in [2.75, 3.05) is 6.61 Å². The summed E-state index contributed by atoms with van der Waals surface area (Å²) >= 11 is 0. The minimum atomic E-state index is -0.577. The van der Waals surface area contributed by atoms with Crippen LogP contribution in [0, 0.1) is 0 Å². The Morgan fingerprint density at radius 2 is 2.00 bits per heavy atom. The van der Waals surface area contributed by atoms with Gasteiger partial charge in [0.1, 0.15) is 5.60 Å². The Kier molecular flexibility index (Phi) is 3.76. The zero-order valence-corrected chi connectivity index (χ0v) is 11.1. The number of unbranched alkanes of at least 4 members (excludes halogenated alkanes) is 1. The molecule has 0 radical (unpaired) electrons. The predicted molar refractivity (Wildman–Crippen MR) is 65.8 cm³/mol. The molecule has 0 N–H and O–H groups in total. The maximum Gasteiger partial charge on any atom is 0.341 e. The Labute approximate surface area is 104 Å². The Bertz CT molecular complexity index is 285. The average molecular weight is 240 g/mol. The largest absolute Gasteiger partial charge is 0.463 e. The van der Waals surface area contributed by atoms with Crippen molar-refractivity contribution in [2.45, 2.75) is 76.4 Å². The molecule has 98 valence electrons.